The number of ether oxygens (including phenoxy) is 8. The summed E-state index contributed by atoms with van der Waals surface area (Å²) in [5.41, 5.74) is -0.164. The van der Waals surface area contributed by atoms with E-state index < -0.39 is 85.0 Å². The van der Waals surface area contributed by atoms with E-state index in [0.29, 0.717) is 55.1 Å². The van der Waals surface area contributed by atoms with Crippen LogP contribution in [0.1, 0.15) is 125 Å². The zero-order valence-corrected chi connectivity index (χ0v) is 39.4. The molecular formula is C50H76O14. The fourth-order valence-electron chi connectivity index (χ4n) is 11.2. The normalized spacial score (nSPS) is 45.7. The van der Waals surface area contributed by atoms with Crippen molar-refractivity contribution in [1.29, 1.82) is 0 Å². The summed E-state index contributed by atoms with van der Waals surface area (Å²) in [5.74, 6) is -1.56. The average molecular weight is 901 g/mol. The Morgan fingerprint density at radius 2 is 1.48 bits per heavy atom. The lowest BCUT2D eigenvalue weighted by molar-refractivity contribution is -0.370. The van der Waals surface area contributed by atoms with Gasteiger partial charge in [0.2, 0.25) is 0 Å². The Morgan fingerprint density at radius 3 is 2.23 bits per heavy atom. The van der Waals surface area contributed by atoms with Crippen LogP contribution in [0.3, 0.4) is 0 Å². The molecule has 5 aliphatic heterocycles. The van der Waals surface area contributed by atoms with Crippen molar-refractivity contribution in [1.82, 2.24) is 0 Å². The summed E-state index contributed by atoms with van der Waals surface area (Å²) >= 11 is 0. The van der Waals surface area contributed by atoms with Crippen LogP contribution in [0, 0.1) is 23.7 Å². The van der Waals surface area contributed by atoms with Gasteiger partial charge in [0.05, 0.1) is 49.3 Å². The Labute approximate surface area is 380 Å². The number of aliphatic hydroxyl groups is 2. The van der Waals surface area contributed by atoms with Crippen molar-refractivity contribution in [2.45, 2.75) is 210 Å². The molecule has 5 fully saturated rings. The fourth-order valence-corrected chi connectivity index (χ4v) is 11.2. The molecule has 0 aromatic carbocycles. The molecule has 0 spiro atoms. The molecule has 14 heteroatoms. The van der Waals surface area contributed by atoms with Crippen LogP contribution in [0.25, 0.3) is 0 Å². The number of methoxy groups -OCH3 is 2. The minimum atomic E-state index is -1.91. The van der Waals surface area contributed by atoms with Crippen molar-refractivity contribution >= 4 is 11.8 Å². The smallest absolute Gasteiger partial charge is 0.316 e. The number of rotatable bonds is 7. The summed E-state index contributed by atoms with van der Waals surface area (Å²) in [4.78, 5) is 40.8. The second-order valence-corrected chi connectivity index (χ2v) is 19.8. The second-order valence-electron chi connectivity index (χ2n) is 19.8. The van der Waals surface area contributed by atoms with E-state index >= 15 is 0 Å². The monoisotopic (exact) mass is 901 g/mol. The topological polar surface area (TPSA) is 167 Å². The number of Topliss-reactive ketones (excluding diaryl/α,β-unsaturated/α-hetero) is 1. The van der Waals surface area contributed by atoms with Crippen molar-refractivity contribution in [2.24, 2.45) is 23.7 Å². The first-order valence-electron chi connectivity index (χ1n) is 24.2. The van der Waals surface area contributed by atoms with Crippen molar-refractivity contribution in [2.75, 3.05) is 20.8 Å². The van der Waals surface area contributed by atoms with Gasteiger partial charge in [0.1, 0.15) is 29.8 Å². The summed E-state index contributed by atoms with van der Waals surface area (Å²) in [6.45, 7) is 11.8. The van der Waals surface area contributed by atoms with Gasteiger partial charge in [0.15, 0.2) is 24.5 Å². The van der Waals surface area contributed by atoms with Gasteiger partial charge in [-0.2, -0.15) is 0 Å². The summed E-state index contributed by atoms with van der Waals surface area (Å²) in [6, 6.07) is 0. The van der Waals surface area contributed by atoms with Crippen LogP contribution in [0.5, 0.6) is 0 Å². The number of esters is 1. The standard InChI is InChI=1S/C50H76O14/c1-28-16-14-19-35-27-57-48-43(51)31(4)23-38(50(35,48)54)49(53)60-36-20-13-12-15-29(2)46(34-17-10-9-11-18-34)64-63-37(24-36)22-21-30(3)45(28)61-42-26-40(56-8)47(33(6)59-42)62-41-25-39(55-7)44(52)32(5)58-41/h14,16,19,21,23,28-29,32-34,36-42,44-48,52,54H,9-13,15,17-18,20,22,24-27H2,1-8H3/b16-14+,30-21+,35-19+/t28-,29-,32-,33-,36?,37+,38?,39-,40-,41-,42-,44?,45-,46-,47-,48+,50+/m0/s1. The largest absolute Gasteiger partial charge is 0.462 e. The van der Waals surface area contributed by atoms with Crippen LogP contribution in [0.15, 0.2) is 47.1 Å². The first kappa shape index (κ1) is 49.6. The van der Waals surface area contributed by atoms with E-state index in [1.54, 1.807) is 40.2 Å². The van der Waals surface area contributed by atoms with Crippen molar-refractivity contribution in [3.8, 4) is 0 Å². The molecule has 2 aliphatic carbocycles. The summed E-state index contributed by atoms with van der Waals surface area (Å²) in [6.07, 6.45) is 13.3. The molecule has 3 unspecified atom stereocenters. The molecule has 0 aromatic heterocycles. The predicted octanol–water partition coefficient (Wildman–Crippen LogP) is 6.94. The lowest BCUT2D eigenvalue weighted by Crippen LogP contribution is -2.56. The molecule has 360 valence electrons. The Bertz CT molecular complexity index is 1700. The zero-order chi connectivity index (χ0) is 45.7. The number of carbonyl (C=O) groups excluding carboxylic acids is 2. The highest BCUT2D eigenvalue weighted by molar-refractivity contribution is 6.03. The molecule has 0 aromatic rings. The maximum atomic E-state index is 14.3. The van der Waals surface area contributed by atoms with Crippen molar-refractivity contribution in [3.05, 3.63) is 47.1 Å². The quantitative estimate of drug-likeness (QED) is 0.153. The molecule has 0 radical (unpaired) electrons. The molecular weight excluding hydrogens is 825 g/mol. The summed E-state index contributed by atoms with van der Waals surface area (Å²) in [5, 5.41) is 23.0. The molecule has 17 atom stereocenters. The van der Waals surface area contributed by atoms with Gasteiger partial charge in [0.25, 0.3) is 0 Å². The van der Waals surface area contributed by atoms with Gasteiger partial charge in [-0.1, -0.05) is 69.9 Å². The van der Waals surface area contributed by atoms with Crippen LogP contribution in [-0.2, 0) is 57.3 Å². The number of fused-ring (bicyclic) bond motifs is 2. The number of aliphatic hydroxyl groups excluding tert-OH is 1. The summed E-state index contributed by atoms with van der Waals surface area (Å²) < 4.78 is 49.9. The second kappa shape index (κ2) is 22.2. The van der Waals surface area contributed by atoms with Gasteiger partial charge in [-0.3, -0.25) is 9.59 Å². The van der Waals surface area contributed by atoms with Crippen LogP contribution in [0.4, 0.5) is 0 Å². The predicted molar refractivity (Wildman–Crippen MR) is 235 cm³/mol. The van der Waals surface area contributed by atoms with Gasteiger partial charge in [-0.25, -0.2) is 9.78 Å². The molecule has 7 aliphatic rings. The minimum absolute atomic E-state index is 0.0145. The fraction of sp³-hybridized carbons (Fsp3) is 0.800. The Balaban J connectivity index is 1.17. The molecule has 7 rings (SSSR count). The van der Waals surface area contributed by atoms with E-state index in [1.807, 2.05) is 26.0 Å². The van der Waals surface area contributed by atoms with E-state index in [-0.39, 0.29) is 30.5 Å². The Morgan fingerprint density at radius 1 is 0.797 bits per heavy atom. The van der Waals surface area contributed by atoms with Gasteiger partial charge in [-0.15, -0.1) is 0 Å². The van der Waals surface area contributed by atoms with Gasteiger partial charge >= 0.3 is 5.97 Å². The number of carbonyl (C=O) groups is 2. The van der Waals surface area contributed by atoms with Crippen molar-refractivity contribution < 1.29 is 67.5 Å². The average Bonchev–Trinajstić information content (AvgIpc) is 3.60. The lowest BCUT2D eigenvalue weighted by atomic mass is 9.71. The van der Waals surface area contributed by atoms with Gasteiger partial charge < -0.3 is 48.1 Å². The minimum Gasteiger partial charge on any atom is -0.462 e. The zero-order valence-electron chi connectivity index (χ0n) is 39.4. The molecule has 64 heavy (non-hydrogen) atoms. The van der Waals surface area contributed by atoms with Gasteiger partial charge in [0, 0.05) is 39.4 Å². The SMILES string of the molecule is CO[C@H]1C[C@H](O[C@H]2[C@H](C)O[C@@H](O[C@@H]3/C(C)=C/C[C@@H]4CC(CCCC[C@H](C)[C@@H](C5CCCCC5)OO4)OC(=O)C4C=C(C)C(=O)[C@H]5OC/C(=C\C=C\[C@@H]3C)[C@@]45O)C[C@@H]2OC)O[C@@H](C)C1O. The van der Waals surface area contributed by atoms with Crippen LogP contribution >= 0.6 is 0 Å². The lowest BCUT2D eigenvalue weighted by Gasteiger charge is -2.44. The number of hydrogen-bond acceptors (Lipinski definition) is 14. The first-order chi connectivity index (χ1) is 30.7. The van der Waals surface area contributed by atoms with Crippen LogP contribution < -0.4 is 0 Å². The van der Waals surface area contributed by atoms with Gasteiger partial charge in [-0.05, 0) is 94.8 Å². The molecule has 4 saturated heterocycles. The van der Waals surface area contributed by atoms with E-state index in [9.17, 15) is 19.8 Å². The highest BCUT2D eigenvalue weighted by Crippen LogP contribution is 2.45. The molecule has 1 saturated carbocycles. The van der Waals surface area contributed by atoms with Crippen molar-refractivity contribution in [3.63, 3.8) is 0 Å². The maximum Gasteiger partial charge on any atom is 0.316 e. The molecule has 5 heterocycles. The highest BCUT2D eigenvalue weighted by Gasteiger charge is 2.60. The van der Waals surface area contributed by atoms with Crippen LogP contribution in [-0.4, -0.2) is 128 Å². The Kier molecular flexibility index (Phi) is 17.2. The molecule has 0 amide bonds. The molecule has 2 N–H and O–H groups in total. The molecule has 14 nitrogen and oxygen atoms in total. The van der Waals surface area contributed by atoms with E-state index in [4.69, 9.17) is 47.7 Å². The highest BCUT2D eigenvalue weighted by atomic mass is 17.2. The number of allylic oxidation sites excluding steroid dienone is 2. The van der Waals surface area contributed by atoms with E-state index in [2.05, 4.69) is 19.9 Å². The number of ketones is 1. The third kappa shape index (κ3) is 11.2. The van der Waals surface area contributed by atoms with E-state index in [1.165, 1.54) is 19.3 Å². The Hall–Kier alpha value is -2.34. The summed E-state index contributed by atoms with van der Waals surface area (Å²) in [7, 11) is 3.23. The first-order valence-corrected chi connectivity index (χ1v) is 24.2. The third-order valence-corrected chi connectivity index (χ3v) is 15.1. The molecule has 2 bridgehead atoms. The maximum absolute atomic E-state index is 14.3. The number of hydrogen-bond donors (Lipinski definition) is 2. The van der Waals surface area contributed by atoms with E-state index in [0.717, 1.165) is 37.7 Å². The third-order valence-electron chi connectivity index (χ3n) is 15.1. The van der Waals surface area contributed by atoms with Crippen LogP contribution in [0.2, 0.25) is 0 Å².